The number of nitrogens with zero attached hydrogens (tertiary/aromatic N) is 1. The van der Waals surface area contributed by atoms with Gasteiger partial charge in [0.15, 0.2) is 0 Å². The molecule has 1 aromatic rings. The van der Waals surface area contributed by atoms with Crippen LogP contribution < -0.4 is 5.32 Å². The molecule has 1 atom stereocenters. The van der Waals surface area contributed by atoms with E-state index in [1.807, 2.05) is 4.90 Å². The topological polar surface area (TPSA) is 58.6 Å². The summed E-state index contributed by atoms with van der Waals surface area (Å²) in [5.41, 5.74) is 2.69. The second-order valence-electron chi connectivity index (χ2n) is 7.20. The molecule has 1 aliphatic heterocycles. The molecule has 1 fully saturated rings. The molecule has 0 radical (unpaired) electrons. The number of methoxy groups -OCH3 is 1. The molecule has 1 aromatic carbocycles. The van der Waals surface area contributed by atoms with Crippen LogP contribution in [0.1, 0.15) is 44.1 Å². The van der Waals surface area contributed by atoms with Crippen molar-refractivity contribution in [3.63, 3.8) is 0 Å². The van der Waals surface area contributed by atoms with Gasteiger partial charge < -0.3 is 15.0 Å². The van der Waals surface area contributed by atoms with E-state index < -0.39 is 0 Å². The molecular formula is C21H27FN2O3. The first-order valence-corrected chi connectivity index (χ1v) is 9.63. The number of hydrogen-bond donors (Lipinski definition) is 1. The van der Waals surface area contributed by atoms with E-state index in [-0.39, 0.29) is 30.1 Å². The first-order valence-electron chi connectivity index (χ1n) is 9.63. The predicted molar refractivity (Wildman–Crippen MR) is 100 cm³/mol. The molecule has 0 saturated heterocycles. The number of fused-ring (bicyclic) bond motifs is 1. The third-order valence-corrected chi connectivity index (χ3v) is 5.31. The van der Waals surface area contributed by atoms with Gasteiger partial charge in [-0.3, -0.25) is 9.59 Å². The molecule has 1 unspecified atom stereocenters. The van der Waals surface area contributed by atoms with E-state index in [0.29, 0.717) is 25.3 Å². The maximum Gasteiger partial charge on any atom is 0.251 e. The van der Waals surface area contributed by atoms with Crippen LogP contribution in [0.15, 0.2) is 35.4 Å². The number of carbonyl (C=O) groups is 2. The molecule has 146 valence electrons. The third kappa shape index (κ3) is 4.75. The van der Waals surface area contributed by atoms with Crippen molar-refractivity contribution in [2.45, 2.75) is 51.1 Å². The summed E-state index contributed by atoms with van der Waals surface area (Å²) in [6, 6.07) is 6.34. The number of nitrogens with one attached hydrogen (secondary N) is 1. The SMILES string of the molecule is COCCCNC(=O)CC1=C2CCCCC2N(Cc2ccc(F)cc2)C1=O. The summed E-state index contributed by atoms with van der Waals surface area (Å²) in [5, 5.41) is 2.87. The Morgan fingerprint density at radius 2 is 2.07 bits per heavy atom. The Bertz CT molecular complexity index is 715. The molecule has 5 nitrogen and oxygen atoms in total. The Labute approximate surface area is 159 Å². The highest BCUT2D eigenvalue weighted by Gasteiger charge is 2.40. The van der Waals surface area contributed by atoms with E-state index >= 15 is 0 Å². The summed E-state index contributed by atoms with van der Waals surface area (Å²) in [5.74, 6) is -0.447. The van der Waals surface area contributed by atoms with Gasteiger partial charge >= 0.3 is 0 Å². The van der Waals surface area contributed by atoms with E-state index in [9.17, 15) is 14.0 Å². The standard InChI is InChI=1S/C21H27FN2O3/c1-27-12-4-11-23-20(25)13-18-17-5-2-3-6-19(17)24(21(18)26)14-15-7-9-16(22)10-8-15/h7-10,19H,2-6,11-14H2,1H3,(H,23,25). The lowest BCUT2D eigenvalue weighted by atomic mass is 9.88. The Kier molecular flexibility index (Phi) is 6.61. The molecule has 0 spiro atoms. The van der Waals surface area contributed by atoms with Crippen LogP contribution in [0.25, 0.3) is 0 Å². The van der Waals surface area contributed by atoms with Crippen LogP contribution in [-0.2, 0) is 20.9 Å². The lowest BCUT2D eigenvalue weighted by Gasteiger charge is -2.30. The van der Waals surface area contributed by atoms with Crippen LogP contribution in [0.5, 0.6) is 0 Å². The minimum absolute atomic E-state index is 0.0479. The Hall–Kier alpha value is -2.21. The number of carbonyl (C=O) groups excluding carboxylic acids is 2. The smallest absolute Gasteiger partial charge is 0.251 e. The van der Waals surface area contributed by atoms with Crippen LogP contribution in [0.3, 0.4) is 0 Å². The van der Waals surface area contributed by atoms with Crippen molar-refractivity contribution in [3.05, 3.63) is 46.8 Å². The Morgan fingerprint density at radius 3 is 2.81 bits per heavy atom. The van der Waals surface area contributed by atoms with Crippen molar-refractivity contribution in [2.24, 2.45) is 0 Å². The van der Waals surface area contributed by atoms with Crippen molar-refractivity contribution in [3.8, 4) is 0 Å². The molecular weight excluding hydrogens is 347 g/mol. The van der Waals surface area contributed by atoms with Gasteiger partial charge in [0.25, 0.3) is 5.91 Å². The Balaban J connectivity index is 1.68. The zero-order chi connectivity index (χ0) is 19.2. The maximum atomic E-state index is 13.2. The minimum atomic E-state index is -0.284. The van der Waals surface area contributed by atoms with Gasteiger partial charge in [-0.15, -0.1) is 0 Å². The van der Waals surface area contributed by atoms with Gasteiger partial charge in [0.2, 0.25) is 5.91 Å². The third-order valence-electron chi connectivity index (χ3n) is 5.31. The van der Waals surface area contributed by atoms with E-state index in [4.69, 9.17) is 4.74 Å². The monoisotopic (exact) mass is 374 g/mol. The van der Waals surface area contributed by atoms with Crippen molar-refractivity contribution in [2.75, 3.05) is 20.3 Å². The fourth-order valence-electron chi connectivity index (χ4n) is 3.97. The highest BCUT2D eigenvalue weighted by molar-refractivity contribution is 6.02. The lowest BCUT2D eigenvalue weighted by Crippen LogP contribution is -2.36. The first-order chi connectivity index (χ1) is 13.1. The van der Waals surface area contributed by atoms with Crippen molar-refractivity contribution in [1.82, 2.24) is 10.2 Å². The second-order valence-corrected chi connectivity index (χ2v) is 7.20. The van der Waals surface area contributed by atoms with Crippen LogP contribution >= 0.6 is 0 Å². The molecule has 0 aromatic heterocycles. The maximum absolute atomic E-state index is 13.2. The number of halogens is 1. The summed E-state index contributed by atoms with van der Waals surface area (Å²) >= 11 is 0. The van der Waals surface area contributed by atoms with Crippen LogP contribution in [0.2, 0.25) is 0 Å². The van der Waals surface area contributed by atoms with Gasteiger partial charge in [-0.25, -0.2) is 4.39 Å². The molecule has 1 saturated carbocycles. The molecule has 2 aliphatic rings. The van der Waals surface area contributed by atoms with Gasteiger partial charge in [0.1, 0.15) is 5.82 Å². The van der Waals surface area contributed by atoms with Gasteiger partial charge in [0.05, 0.1) is 12.5 Å². The van der Waals surface area contributed by atoms with Gasteiger partial charge in [-0.2, -0.15) is 0 Å². The summed E-state index contributed by atoms with van der Waals surface area (Å²) in [6.45, 7) is 1.60. The lowest BCUT2D eigenvalue weighted by molar-refractivity contribution is -0.129. The molecule has 1 heterocycles. The van der Waals surface area contributed by atoms with Crippen LogP contribution in [0, 0.1) is 5.82 Å². The van der Waals surface area contributed by atoms with Crippen LogP contribution in [0.4, 0.5) is 4.39 Å². The number of benzene rings is 1. The normalized spacial score (nSPS) is 19.4. The van der Waals surface area contributed by atoms with Crippen LogP contribution in [-0.4, -0.2) is 43.0 Å². The molecule has 2 amide bonds. The zero-order valence-electron chi connectivity index (χ0n) is 15.8. The summed E-state index contributed by atoms with van der Waals surface area (Å²) in [6.07, 6.45) is 4.84. The fraction of sp³-hybridized carbons (Fsp3) is 0.524. The first kappa shape index (κ1) is 19.5. The van der Waals surface area contributed by atoms with E-state index in [2.05, 4.69) is 5.32 Å². The highest BCUT2D eigenvalue weighted by Crippen LogP contribution is 2.38. The Morgan fingerprint density at radius 1 is 1.30 bits per heavy atom. The number of amides is 2. The number of hydrogen-bond acceptors (Lipinski definition) is 3. The van der Waals surface area contributed by atoms with E-state index in [1.54, 1.807) is 19.2 Å². The van der Waals surface area contributed by atoms with Crippen molar-refractivity contribution < 1.29 is 18.7 Å². The van der Waals surface area contributed by atoms with E-state index in [1.165, 1.54) is 12.1 Å². The number of rotatable bonds is 8. The molecule has 27 heavy (non-hydrogen) atoms. The molecule has 0 bridgehead atoms. The average molecular weight is 374 g/mol. The molecule has 1 aliphatic carbocycles. The zero-order valence-corrected chi connectivity index (χ0v) is 15.8. The molecule has 1 N–H and O–H groups in total. The van der Waals surface area contributed by atoms with Crippen molar-refractivity contribution >= 4 is 11.8 Å². The average Bonchev–Trinajstić information content (AvgIpc) is 2.93. The molecule has 3 rings (SSSR count). The van der Waals surface area contributed by atoms with Gasteiger partial charge in [-0.05, 0) is 49.0 Å². The van der Waals surface area contributed by atoms with Gasteiger partial charge in [0, 0.05) is 32.4 Å². The summed E-state index contributed by atoms with van der Waals surface area (Å²) in [7, 11) is 1.63. The minimum Gasteiger partial charge on any atom is -0.385 e. The quantitative estimate of drug-likeness (QED) is 0.712. The number of ether oxygens (including phenoxy) is 1. The van der Waals surface area contributed by atoms with Gasteiger partial charge in [-0.1, -0.05) is 18.6 Å². The fourth-order valence-corrected chi connectivity index (χ4v) is 3.97. The molecule has 6 heteroatoms. The van der Waals surface area contributed by atoms with Crippen molar-refractivity contribution in [1.29, 1.82) is 0 Å². The predicted octanol–water partition coefficient (Wildman–Crippen LogP) is 2.95. The van der Waals surface area contributed by atoms with E-state index in [0.717, 1.165) is 43.2 Å². The summed E-state index contributed by atoms with van der Waals surface area (Å²) in [4.78, 5) is 27.2. The summed E-state index contributed by atoms with van der Waals surface area (Å²) < 4.78 is 18.1. The highest BCUT2D eigenvalue weighted by atomic mass is 19.1. The largest absolute Gasteiger partial charge is 0.385 e. The second kappa shape index (κ2) is 9.13.